The monoisotopic (exact) mass is 801 g/mol. The van der Waals surface area contributed by atoms with Crippen LogP contribution in [0.15, 0.2) is 135 Å². The van der Waals surface area contributed by atoms with Crippen LogP contribution in [0, 0.1) is 5.92 Å². The van der Waals surface area contributed by atoms with Gasteiger partial charge in [-0.25, -0.2) is 14.4 Å². The van der Waals surface area contributed by atoms with Crippen molar-refractivity contribution in [1.29, 1.82) is 0 Å². The van der Waals surface area contributed by atoms with E-state index in [1.807, 2.05) is 84.9 Å². The van der Waals surface area contributed by atoms with Crippen molar-refractivity contribution in [3.63, 3.8) is 0 Å². The van der Waals surface area contributed by atoms with Crippen molar-refractivity contribution in [1.82, 2.24) is 16.0 Å². The molecular formula is C47H51N3O9. The minimum atomic E-state index is -1.47. The van der Waals surface area contributed by atoms with Crippen molar-refractivity contribution in [3.8, 4) is 11.1 Å². The van der Waals surface area contributed by atoms with Gasteiger partial charge in [-0.2, -0.15) is 0 Å². The summed E-state index contributed by atoms with van der Waals surface area (Å²) in [5, 5.41) is 17.9. The molecule has 12 heteroatoms. The van der Waals surface area contributed by atoms with Crippen LogP contribution in [0.25, 0.3) is 11.1 Å². The van der Waals surface area contributed by atoms with E-state index in [-0.39, 0.29) is 45.0 Å². The molecule has 0 aliphatic heterocycles. The third kappa shape index (κ3) is 12.7. The summed E-state index contributed by atoms with van der Waals surface area (Å²) >= 11 is 0. The van der Waals surface area contributed by atoms with Gasteiger partial charge in [-0.3, -0.25) is 9.59 Å². The van der Waals surface area contributed by atoms with Crippen LogP contribution in [0.5, 0.6) is 0 Å². The first-order valence-corrected chi connectivity index (χ1v) is 19.7. The molecule has 0 spiro atoms. The number of ether oxygens (including phenoxy) is 3. The van der Waals surface area contributed by atoms with Crippen molar-refractivity contribution in [2.45, 2.75) is 62.8 Å². The van der Waals surface area contributed by atoms with Crippen LogP contribution < -0.4 is 16.0 Å². The van der Waals surface area contributed by atoms with Crippen LogP contribution in [0.4, 0.5) is 4.79 Å². The minimum absolute atomic E-state index is 0.0298. The van der Waals surface area contributed by atoms with E-state index in [4.69, 9.17) is 14.2 Å². The molecule has 1 aliphatic carbocycles. The number of allylic oxidation sites excluding steroid dienone is 2. The molecular weight excluding hydrogens is 751 g/mol. The average molecular weight is 802 g/mol. The number of hydrogen-bond acceptors (Lipinski definition) is 9. The highest BCUT2D eigenvalue weighted by Crippen LogP contribution is 2.44. The minimum Gasteiger partial charge on any atom is -0.461 e. The van der Waals surface area contributed by atoms with E-state index in [0.29, 0.717) is 18.4 Å². The third-order valence-corrected chi connectivity index (χ3v) is 9.96. The van der Waals surface area contributed by atoms with E-state index in [2.05, 4.69) is 29.1 Å². The lowest BCUT2D eigenvalue weighted by atomic mass is 9.98. The maximum Gasteiger partial charge on any atom is 0.407 e. The molecule has 308 valence electrons. The molecule has 4 aromatic carbocycles. The molecule has 1 aliphatic rings. The SMILES string of the molecule is C=CCC[C@H](NC(=O)OCC1c2ccccc2-c2ccccc21)C(=O)OC[C@@H](NC(=O)[C@@H](CC=C)CC(=O)N[C@H](CO)Cc1ccccc1)C(=O)OCc1ccccc1. The van der Waals surface area contributed by atoms with Gasteiger partial charge in [0.2, 0.25) is 11.8 Å². The number of nitrogens with one attached hydrogen (secondary N) is 3. The Bertz CT molecular complexity index is 2010. The highest BCUT2D eigenvalue weighted by molar-refractivity contribution is 5.90. The number of carbonyl (C=O) groups is 5. The first kappa shape index (κ1) is 43.6. The molecule has 4 aromatic rings. The van der Waals surface area contributed by atoms with Crippen molar-refractivity contribution in [3.05, 3.63) is 157 Å². The van der Waals surface area contributed by atoms with Gasteiger partial charge >= 0.3 is 18.0 Å². The zero-order valence-corrected chi connectivity index (χ0v) is 32.9. The summed E-state index contributed by atoms with van der Waals surface area (Å²) in [5.41, 5.74) is 5.81. The average Bonchev–Trinajstić information content (AvgIpc) is 3.58. The van der Waals surface area contributed by atoms with Gasteiger partial charge in [0, 0.05) is 12.3 Å². The molecule has 0 radical (unpaired) electrons. The van der Waals surface area contributed by atoms with Crippen LogP contribution in [-0.2, 0) is 46.4 Å². The number of aliphatic hydroxyl groups is 1. The largest absolute Gasteiger partial charge is 0.461 e. The van der Waals surface area contributed by atoms with Gasteiger partial charge < -0.3 is 35.3 Å². The van der Waals surface area contributed by atoms with E-state index >= 15 is 0 Å². The number of carbonyl (C=O) groups excluding carboxylic acids is 5. The van der Waals surface area contributed by atoms with Gasteiger partial charge in [-0.1, -0.05) is 121 Å². The van der Waals surface area contributed by atoms with Gasteiger partial charge in [-0.15, -0.1) is 13.2 Å². The second kappa shape index (κ2) is 22.4. The number of amides is 3. The van der Waals surface area contributed by atoms with Gasteiger partial charge in [0.25, 0.3) is 0 Å². The fourth-order valence-corrected chi connectivity index (χ4v) is 6.92. The van der Waals surface area contributed by atoms with Crippen molar-refractivity contribution >= 4 is 29.8 Å². The van der Waals surface area contributed by atoms with Crippen LogP contribution in [0.3, 0.4) is 0 Å². The molecule has 3 amide bonds. The van der Waals surface area contributed by atoms with Crippen molar-refractivity contribution < 1.29 is 43.3 Å². The highest BCUT2D eigenvalue weighted by atomic mass is 16.6. The highest BCUT2D eigenvalue weighted by Gasteiger charge is 2.32. The molecule has 0 saturated carbocycles. The van der Waals surface area contributed by atoms with Crippen LogP contribution in [0.2, 0.25) is 0 Å². The summed E-state index contributed by atoms with van der Waals surface area (Å²) < 4.78 is 16.7. The molecule has 0 aromatic heterocycles. The Morgan fingerprint density at radius 1 is 0.678 bits per heavy atom. The lowest BCUT2D eigenvalue weighted by Crippen LogP contribution is -2.50. The topological polar surface area (TPSA) is 169 Å². The third-order valence-electron chi connectivity index (χ3n) is 9.96. The number of rotatable bonds is 22. The summed E-state index contributed by atoms with van der Waals surface area (Å²) in [6, 6.07) is 30.9. The molecule has 0 saturated heterocycles. The number of benzene rings is 4. The molecule has 0 bridgehead atoms. The van der Waals surface area contributed by atoms with E-state index in [1.54, 1.807) is 30.3 Å². The molecule has 0 fully saturated rings. The van der Waals surface area contributed by atoms with Crippen LogP contribution in [-0.4, -0.2) is 72.9 Å². The summed E-state index contributed by atoms with van der Waals surface area (Å²) in [4.78, 5) is 67.0. The number of alkyl carbamates (subject to hydrolysis) is 1. The fraction of sp³-hybridized carbons (Fsp3) is 0.298. The Hall–Kier alpha value is -6.53. The molecule has 59 heavy (non-hydrogen) atoms. The van der Waals surface area contributed by atoms with Gasteiger partial charge in [0.15, 0.2) is 6.04 Å². The maximum atomic E-state index is 13.7. The molecule has 4 N–H and O–H groups in total. The fourth-order valence-electron chi connectivity index (χ4n) is 6.92. The normalized spacial score (nSPS) is 13.6. The zero-order valence-electron chi connectivity index (χ0n) is 32.9. The predicted octanol–water partition coefficient (Wildman–Crippen LogP) is 5.93. The Labute approximate surface area is 344 Å². The first-order valence-electron chi connectivity index (χ1n) is 19.7. The quantitative estimate of drug-likeness (QED) is 0.0428. The summed E-state index contributed by atoms with van der Waals surface area (Å²) in [5.74, 6) is -4.07. The van der Waals surface area contributed by atoms with Gasteiger partial charge in [0.05, 0.1) is 18.6 Å². The van der Waals surface area contributed by atoms with E-state index in [0.717, 1.165) is 27.8 Å². The second-order valence-corrected chi connectivity index (χ2v) is 14.2. The van der Waals surface area contributed by atoms with E-state index in [1.165, 1.54) is 6.08 Å². The summed E-state index contributed by atoms with van der Waals surface area (Å²) in [6.07, 6.45) is 2.89. The lowest BCUT2D eigenvalue weighted by Gasteiger charge is -2.23. The molecule has 5 rings (SSSR count). The zero-order chi connectivity index (χ0) is 42.0. The number of hydrogen-bond donors (Lipinski definition) is 4. The van der Waals surface area contributed by atoms with E-state index < -0.39 is 60.5 Å². The molecule has 0 unspecified atom stereocenters. The second-order valence-electron chi connectivity index (χ2n) is 14.2. The Morgan fingerprint density at radius 2 is 1.27 bits per heavy atom. The maximum absolute atomic E-state index is 13.7. The van der Waals surface area contributed by atoms with Gasteiger partial charge in [0.1, 0.15) is 25.9 Å². The van der Waals surface area contributed by atoms with Crippen LogP contribution >= 0.6 is 0 Å². The molecule has 0 heterocycles. The molecule has 12 nitrogen and oxygen atoms in total. The molecule has 4 atom stereocenters. The van der Waals surface area contributed by atoms with Crippen LogP contribution in [0.1, 0.15) is 53.9 Å². The number of aliphatic hydroxyl groups excluding tert-OH is 1. The predicted molar refractivity (Wildman–Crippen MR) is 223 cm³/mol. The Morgan fingerprint density at radius 3 is 1.88 bits per heavy atom. The van der Waals surface area contributed by atoms with Gasteiger partial charge in [-0.05, 0) is 59.1 Å². The Balaban J connectivity index is 1.22. The number of fused-ring (bicyclic) bond motifs is 3. The number of esters is 2. The lowest BCUT2D eigenvalue weighted by molar-refractivity contribution is -0.156. The summed E-state index contributed by atoms with van der Waals surface area (Å²) in [6.45, 7) is 6.40. The first-order chi connectivity index (χ1) is 28.7. The Kier molecular flexibility index (Phi) is 16.6. The van der Waals surface area contributed by atoms with Crippen molar-refractivity contribution in [2.75, 3.05) is 19.8 Å². The van der Waals surface area contributed by atoms with Crippen molar-refractivity contribution in [2.24, 2.45) is 5.92 Å². The van der Waals surface area contributed by atoms with E-state index in [9.17, 15) is 29.1 Å². The summed E-state index contributed by atoms with van der Waals surface area (Å²) in [7, 11) is 0. The smallest absolute Gasteiger partial charge is 0.407 e. The standard InChI is InChI=1S/C47H51N3O9/c1-3-5-25-41(50-47(56)59-30-40-38-23-14-12-21-36(38)37-22-13-15-24-39(37)40)45(54)58-31-42(46(55)57-29-33-19-10-7-11-20-33)49-44(53)34(16-4-2)27-43(52)48-35(28-51)26-32-17-8-6-9-18-32/h3-4,6-15,17-24,34-35,40-42,51H,1-2,5,16,25-31H2,(H,48,52)(H,49,53)(H,50,56)/t34-,35-,41-,42+/m0/s1.